The van der Waals surface area contributed by atoms with Gasteiger partial charge in [-0.2, -0.15) is 0 Å². The number of nitrogens with zero attached hydrogens (tertiary/aromatic N) is 1. The van der Waals surface area contributed by atoms with Gasteiger partial charge in [0.1, 0.15) is 0 Å². The van der Waals surface area contributed by atoms with E-state index in [-0.39, 0.29) is 10.8 Å². The molecule has 0 amide bonds. The van der Waals surface area contributed by atoms with Gasteiger partial charge >= 0.3 is 0 Å². The van der Waals surface area contributed by atoms with Crippen LogP contribution >= 0.6 is 0 Å². The number of hydrogen-bond acceptors (Lipinski definition) is 1. The third-order valence-electron chi connectivity index (χ3n) is 11.4. The smallest absolute Gasteiger partial charge is 0.0209 e. The summed E-state index contributed by atoms with van der Waals surface area (Å²) in [6.07, 6.45) is 10.2. The summed E-state index contributed by atoms with van der Waals surface area (Å²) in [4.78, 5) is 2.62. The summed E-state index contributed by atoms with van der Waals surface area (Å²) in [5.74, 6) is 1.20. The highest BCUT2D eigenvalue weighted by molar-refractivity contribution is 5.60. The molecule has 0 unspecified atom stereocenters. The minimum absolute atomic E-state index is 0.204. The maximum Gasteiger partial charge on any atom is 0.0209 e. The van der Waals surface area contributed by atoms with Crippen molar-refractivity contribution in [2.45, 2.75) is 74.0 Å². The SMILES string of the molecule is CN(CCCC12CCC(c3ccccc31)c1ccccc12)CCCC12CCC(c3ccccc31)c1ccccc12. The van der Waals surface area contributed by atoms with Crippen molar-refractivity contribution < 1.29 is 0 Å². The van der Waals surface area contributed by atoms with Crippen LogP contribution in [0.1, 0.15) is 108 Å². The Morgan fingerprint density at radius 1 is 0.525 bits per heavy atom. The molecule has 0 saturated carbocycles. The van der Waals surface area contributed by atoms with Crippen LogP contribution in [0.15, 0.2) is 97.1 Å². The molecule has 0 radical (unpaired) electrons. The zero-order valence-electron chi connectivity index (χ0n) is 23.9. The molecule has 0 N–H and O–H groups in total. The first kappa shape index (κ1) is 24.6. The van der Waals surface area contributed by atoms with Gasteiger partial charge in [-0.15, -0.1) is 0 Å². The van der Waals surface area contributed by atoms with E-state index in [1.54, 1.807) is 44.5 Å². The average Bonchev–Trinajstić information content (AvgIpc) is 3.02. The van der Waals surface area contributed by atoms with Crippen LogP contribution in [0.5, 0.6) is 0 Å². The minimum atomic E-state index is 0.204. The van der Waals surface area contributed by atoms with Crippen LogP contribution in [-0.2, 0) is 10.8 Å². The second-order valence-electron chi connectivity index (χ2n) is 13.2. The molecule has 40 heavy (non-hydrogen) atoms. The van der Waals surface area contributed by atoms with Crippen LogP contribution in [0.3, 0.4) is 0 Å². The summed E-state index contributed by atoms with van der Waals surface area (Å²) >= 11 is 0. The van der Waals surface area contributed by atoms with Crippen molar-refractivity contribution in [2.24, 2.45) is 0 Å². The van der Waals surface area contributed by atoms with Crippen molar-refractivity contribution >= 4 is 0 Å². The highest BCUT2D eigenvalue weighted by Crippen LogP contribution is 2.59. The van der Waals surface area contributed by atoms with Crippen molar-refractivity contribution in [3.63, 3.8) is 0 Å². The maximum atomic E-state index is 2.62. The number of fused-ring (bicyclic) bond motifs is 2. The molecule has 4 aromatic rings. The summed E-state index contributed by atoms with van der Waals surface area (Å²) in [6, 6.07) is 37.5. The molecule has 1 nitrogen and oxygen atoms in total. The first-order valence-corrected chi connectivity index (χ1v) is 15.8. The lowest BCUT2D eigenvalue weighted by Gasteiger charge is -2.50. The monoisotopic (exact) mass is 523 g/mol. The van der Waals surface area contributed by atoms with Gasteiger partial charge in [0.15, 0.2) is 0 Å². The van der Waals surface area contributed by atoms with Crippen molar-refractivity contribution in [1.82, 2.24) is 4.90 Å². The van der Waals surface area contributed by atoms with Gasteiger partial charge in [0.25, 0.3) is 0 Å². The normalized spacial score (nSPS) is 26.8. The predicted molar refractivity (Wildman–Crippen MR) is 165 cm³/mol. The van der Waals surface area contributed by atoms with Gasteiger partial charge in [-0.3, -0.25) is 0 Å². The van der Waals surface area contributed by atoms with Crippen molar-refractivity contribution in [3.8, 4) is 0 Å². The van der Waals surface area contributed by atoms with Gasteiger partial charge in [-0.05, 0) is 116 Å². The Kier molecular flexibility index (Phi) is 5.82. The van der Waals surface area contributed by atoms with Crippen LogP contribution < -0.4 is 0 Å². The summed E-state index contributed by atoms with van der Waals surface area (Å²) in [6.45, 7) is 2.36. The van der Waals surface area contributed by atoms with E-state index in [0.29, 0.717) is 11.8 Å². The van der Waals surface area contributed by atoms with Gasteiger partial charge < -0.3 is 4.90 Å². The number of rotatable bonds is 8. The largest absolute Gasteiger partial charge is 0.306 e. The lowest BCUT2D eigenvalue weighted by atomic mass is 9.54. The summed E-state index contributed by atoms with van der Waals surface area (Å²) in [7, 11) is 2.36. The Balaban J connectivity index is 0.967. The van der Waals surface area contributed by atoms with E-state index >= 15 is 0 Å². The van der Waals surface area contributed by atoms with Crippen LogP contribution in [0.2, 0.25) is 0 Å². The third-order valence-corrected chi connectivity index (χ3v) is 11.4. The minimum Gasteiger partial charge on any atom is -0.306 e. The zero-order valence-corrected chi connectivity index (χ0v) is 23.9. The van der Waals surface area contributed by atoms with Gasteiger partial charge in [0.05, 0.1) is 0 Å². The fourth-order valence-corrected chi connectivity index (χ4v) is 9.72. The highest BCUT2D eigenvalue weighted by atomic mass is 15.1. The summed E-state index contributed by atoms with van der Waals surface area (Å²) in [5, 5.41) is 0. The molecule has 0 heterocycles. The van der Waals surface area contributed by atoms with E-state index in [0.717, 1.165) is 0 Å². The topological polar surface area (TPSA) is 3.24 Å². The van der Waals surface area contributed by atoms with E-state index in [4.69, 9.17) is 0 Å². The highest BCUT2D eigenvalue weighted by Gasteiger charge is 2.48. The molecule has 202 valence electrons. The molecule has 0 fully saturated rings. The second kappa shape index (κ2) is 9.45. The van der Waals surface area contributed by atoms with Crippen LogP contribution in [0, 0.1) is 0 Å². The molecule has 4 aromatic carbocycles. The summed E-state index contributed by atoms with van der Waals surface area (Å²) in [5.41, 5.74) is 13.3. The molecule has 0 spiro atoms. The van der Waals surface area contributed by atoms with E-state index in [1.165, 1.54) is 64.5 Å². The Hall–Kier alpha value is -3.16. The molecule has 0 atom stereocenters. The molecular formula is C39H41N. The average molecular weight is 524 g/mol. The van der Waals surface area contributed by atoms with E-state index in [2.05, 4.69) is 109 Å². The molecule has 10 rings (SSSR count). The van der Waals surface area contributed by atoms with Crippen molar-refractivity contribution in [1.29, 1.82) is 0 Å². The molecule has 4 bridgehead atoms. The van der Waals surface area contributed by atoms with Gasteiger partial charge in [-0.1, -0.05) is 97.1 Å². The molecule has 6 aliphatic rings. The summed E-state index contributed by atoms with van der Waals surface area (Å²) < 4.78 is 0. The van der Waals surface area contributed by atoms with Crippen LogP contribution in [0.25, 0.3) is 0 Å². The molecule has 0 aliphatic heterocycles. The lowest BCUT2D eigenvalue weighted by molar-refractivity contribution is 0.267. The van der Waals surface area contributed by atoms with Gasteiger partial charge in [-0.25, -0.2) is 0 Å². The van der Waals surface area contributed by atoms with E-state index < -0.39 is 0 Å². The Labute approximate surface area is 240 Å². The molecule has 0 aromatic heterocycles. The van der Waals surface area contributed by atoms with E-state index in [9.17, 15) is 0 Å². The first-order valence-electron chi connectivity index (χ1n) is 15.8. The van der Waals surface area contributed by atoms with Crippen molar-refractivity contribution in [3.05, 3.63) is 142 Å². The molecular weight excluding hydrogens is 482 g/mol. The fraction of sp³-hybridized carbons (Fsp3) is 0.385. The third kappa shape index (κ3) is 3.50. The standard InChI is InChI=1S/C39H41N/c1-40(26-10-22-38-24-20-28(30-12-2-6-16-34(30)38)31-13-3-7-17-35(31)38)27-11-23-39-25-21-29(32-14-4-8-18-36(32)39)33-15-5-9-19-37(33)39/h2-9,12-19,28-29H,10-11,20-27H2,1H3. The molecule has 1 heteroatoms. The zero-order chi connectivity index (χ0) is 26.7. The van der Waals surface area contributed by atoms with Gasteiger partial charge in [0, 0.05) is 22.7 Å². The number of benzene rings is 4. The van der Waals surface area contributed by atoms with Crippen molar-refractivity contribution in [2.75, 3.05) is 20.1 Å². The Bertz CT molecular complexity index is 1350. The van der Waals surface area contributed by atoms with Crippen LogP contribution in [-0.4, -0.2) is 25.0 Å². The lowest BCUT2D eigenvalue weighted by Crippen LogP contribution is -2.41. The fourth-order valence-electron chi connectivity index (χ4n) is 9.72. The Morgan fingerprint density at radius 2 is 0.850 bits per heavy atom. The quantitative estimate of drug-likeness (QED) is 0.223. The molecule has 6 aliphatic carbocycles. The Morgan fingerprint density at radius 3 is 1.20 bits per heavy atom. The molecule has 0 saturated heterocycles. The first-order chi connectivity index (χ1) is 19.7. The van der Waals surface area contributed by atoms with E-state index in [1.807, 2.05) is 0 Å². The second-order valence-corrected chi connectivity index (χ2v) is 13.2. The number of hydrogen-bond donors (Lipinski definition) is 0. The van der Waals surface area contributed by atoms with Gasteiger partial charge in [0.2, 0.25) is 0 Å². The predicted octanol–water partition coefficient (Wildman–Crippen LogP) is 8.93. The van der Waals surface area contributed by atoms with Crippen LogP contribution in [0.4, 0.5) is 0 Å². The maximum absolute atomic E-state index is 2.62.